The van der Waals surface area contributed by atoms with E-state index in [1.165, 1.54) is 12.8 Å². The summed E-state index contributed by atoms with van der Waals surface area (Å²) in [4.78, 5) is 0. The summed E-state index contributed by atoms with van der Waals surface area (Å²) in [7, 11) is 0. The fraction of sp³-hybridized carbons (Fsp3) is 0.467. The van der Waals surface area contributed by atoms with E-state index in [0.717, 1.165) is 46.8 Å². The van der Waals surface area contributed by atoms with Gasteiger partial charge >= 0.3 is 0 Å². The second kappa shape index (κ2) is 6.58. The van der Waals surface area contributed by atoms with E-state index in [9.17, 15) is 0 Å². The van der Waals surface area contributed by atoms with Gasteiger partial charge in [0.05, 0.1) is 4.47 Å². The molecule has 1 aromatic heterocycles. The van der Waals surface area contributed by atoms with Crippen LogP contribution in [0.5, 0.6) is 5.75 Å². The Balaban J connectivity index is 1.77. The van der Waals surface area contributed by atoms with Crippen molar-refractivity contribution < 1.29 is 4.74 Å². The summed E-state index contributed by atoms with van der Waals surface area (Å²) in [5.41, 5.74) is 6.78. The highest BCUT2D eigenvalue weighted by atomic mass is 79.9. The Morgan fingerprint density at radius 1 is 1.29 bits per heavy atom. The summed E-state index contributed by atoms with van der Waals surface area (Å²) in [6.07, 6.45) is 4.20. The highest BCUT2D eigenvalue weighted by Crippen LogP contribution is 2.30. The minimum absolute atomic E-state index is 0.438. The highest BCUT2D eigenvalue weighted by molar-refractivity contribution is 9.10. The van der Waals surface area contributed by atoms with E-state index in [0.29, 0.717) is 13.2 Å². The van der Waals surface area contributed by atoms with Crippen molar-refractivity contribution in [3.63, 3.8) is 0 Å². The van der Waals surface area contributed by atoms with Crippen LogP contribution in [0, 0.1) is 0 Å². The third-order valence-electron chi connectivity index (χ3n) is 3.74. The number of aromatic nitrogens is 3. The molecule has 2 heterocycles. The Kier molecular flexibility index (Phi) is 4.55. The van der Waals surface area contributed by atoms with Crippen molar-refractivity contribution in [3.8, 4) is 5.75 Å². The summed E-state index contributed by atoms with van der Waals surface area (Å²) in [5.74, 6) is 2.84. The Bertz CT molecular complexity index is 626. The van der Waals surface area contributed by atoms with Crippen molar-refractivity contribution in [3.05, 3.63) is 39.9 Å². The zero-order valence-corrected chi connectivity index (χ0v) is 13.5. The number of hydrogen-bond donors (Lipinski definition) is 1. The Hall–Kier alpha value is -1.40. The van der Waals surface area contributed by atoms with Crippen molar-refractivity contribution in [1.82, 2.24) is 14.8 Å². The average molecular weight is 351 g/mol. The fourth-order valence-electron chi connectivity index (χ4n) is 2.68. The maximum absolute atomic E-state index is 6.01. The molecule has 0 saturated heterocycles. The van der Waals surface area contributed by atoms with Crippen LogP contribution >= 0.6 is 15.9 Å². The molecule has 1 aromatic carbocycles. The number of nitrogens with zero attached hydrogens (tertiary/aromatic N) is 3. The molecule has 0 spiro atoms. The molecule has 1 aliphatic heterocycles. The van der Waals surface area contributed by atoms with Crippen LogP contribution in [0.25, 0.3) is 0 Å². The van der Waals surface area contributed by atoms with E-state index >= 15 is 0 Å². The summed E-state index contributed by atoms with van der Waals surface area (Å²) >= 11 is 3.55. The smallest absolute Gasteiger partial charge is 0.171 e. The fourth-order valence-corrected chi connectivity index (χ4v) is 3.20. The number of rotatable bonds is 5. The van der Waals surface area contributed by atoms with Gasteiger partial charge in [-0.2, -0.15) is 0 Å². The average Bonchev–Trinajstić information content (AvgIpc) is 2.90. The van der Waals surface area contributed by atoms with Crippen molar-refractivity contribution >= 4 is 15.9 Å². The SMILES string of the molecule is NCCc1cccc(Br)c1OCc1nnc2n1CCCC2. The van der Waals surface area contributed by atoms with Crippen molar-refractivity contribution in [2.75, 3.05) is 6.54 Å². The minimum Gasteiger partial charge on any atom is -0.484 e. The first-order chi connectivity index (χ1) is 10.3. The van der Waals surface area contributed by atoms with E-state index in [4.69, 9.17) is 10.5 Å². The lowest BCUT2D eigenvalue weighted by Gasteiger charge is -2.16. The molecule has 0 fully saturated rings. The van der Waals surface area contributed by atoms with Crippen LogP contribution in [-0.4, -0.2) is 21.3 Å². The van der Waals surface area contributed by atoms with Gasteiger partial charge in [-0.25, -0.2) is 0 Å². The molecule has 6 heteroatoms. The van der Waals surface area contributed by atoms with Crippen molar-refractivity contribution in [2.45, 2.75) is 38.8 Å². The molecule has 1 aliphatic rings. The largest absolute Gasteiger partial charge is 0.484 e. The lowest BCUT2D eigenvalue weighted by molar-refractivity contribution is 0.281. The van der Waals surface area contributed by atoms with Gasteiger partial charge < -0.3 is 15.0 Å². The molecule has 5 nitrogen and oxygen atoms in total. The standard InChI is InChI=1S/C15H19BrN4O/c16-12-5-3-4-11(7-8-17)15(12)21-10-14-19-18-13-6-1-2-9-20(13)14/h3-5H,1-2,6-10,17H2. The predicted octanol–water partition coefficient (Wildman–Crippen LogP) is 2.46. The molecule has 0 saturated carbocycles. The number of aryl methyl sites for hydroxylation is 1. The van der Waals surface area contributed by atoms with Crippen LogP contribution in [0.1, 0.15) is 30.1 Å². The first-order valence-electron chi connectivity index (χ1n) is 7.31. The van der Waals surface area contributed by atoms with E-state index in [-0.39, 0.29) is 0 Å². The maximum Gasteiger partial charge on any atom is 0.171 e. The van der Waals surface area contributed by atoms with Gasteiger partial charge in [-0.05, 0) is 53.4 Å². The molecular weight excluding hydrogens is 332 g/mol. The minimum atomic E-state index is 0.438. The molecule has 2 N–H and O–H groups in total. The van der Waals surface area contributed by atoms with E-state index in [1.54, 1.807) is 0 Å². The molecule has 0 radical (unpaired) electrons. The number of fused-ring (bicyclic) bond motifs is 1. The van der Waals surface area contributed by atoms with Gasteiger partial charge in [0.25, 0.3) is 0 Å². The molecule has 112 valence electrons. The topological polar surface area (TPSA) is 66.0 Å². The Morgan fingerprint density at radius 3 is 3.05 bits per heavy atom. The first-order valence-corrected chi connectivity index (χ1v) is 8.10. The van der Waals surface area contributed by atoms with Crippen LogP contribution in [-0.2, 0) is 26.0 Å². The van der Waals surface area contributed by atoms with Gasteiger partial charge in [-0.1, -0.05) is 12.1 Å². The van der Waals surface area contributed by atoms with E-state index in [1.807, 2.05) is 18.2 Å². The number of nitrogens with two attached hydrogens (primary N) is 1. The zero-order chi connectivity index (χ0) is 14.7. The molecule has 0 amide bonds. The van der Waals surface area contributed by atoms with Crippen molar-refractivity contribution in [1.29, 1.82) is 0 Å². The summed E-state index contributed by atoms with van der Waals surface area (Å²) in [5, 5.41) is 8.52. The van der Waals surface area contributed by atoms with Gasteiger partial charge in [0, 0.05) is 13.0 Å². The highest BCUT2D eigenvalue weighted by Gasteiger charge is 2.17. The number of halogens is 1. The molecule has 0 aliphatic carbocycles. The summed E-state index contributed by atoms with van der Waals surface area (Å²) in [6, 6.07) is 6.03. The molecule has 2 aromatic rings. The lowest BCUT2D eigenvalue weighted by Crippen LogP contribution is -2.15. The normalized spacial score (nSPS) is 14.0. The van der Waals surface area contributed by atoms with E-state index in [2.05, 4.69) is 30.7 Å². The first kappa shape index (κ1) is 14.5. The van der Waals surface area contributed by atoms with Gasteiger partial charge in [0.1, 0.15) is 18.2 Å². The molecule has 0 atom stereocenters. The van der Waals surface area contributed by atoms with Crippen LogP contribution in [0.4, 0.5) is 0 Å². The van der Waals surface area contributed by atoms with Crippen LogP contribution in [0.15, 0.2) is 22.7 Å². The van der Waals surface area contributed by atoms with Crippen LogP contribution in [0.2, 0.25) is 0 Å². The molecule has 3 rings (SSSR count). The second-order valence-corrected chi connectivity index (χ2v) is 6.05. The third kappa shape index (κ3) is 3.11. The quantitative estimate of drug-likeness (QED) is 0.899. The molecule has 21 heavy (non-hydrogen) atoms. The zero-order valence-electron chi connectivity index (χ0n) is 11.9. The number of ether oxygens (including phenoxy) is 1. The van der Waals surface area contributed by atoms with Gasteiger partial charge in [-0.15, -0.1) is 10.2 Å². The third-order valence-corrected chi connectivity index (χ3v) is 4.37. The molecule has 0 bridgehead atoms. The summed E-state index contributed by atoms with van der Waals surface area (Å²) < 4.78 is 9.14. The van der Waals surface area contributed by atoms with Crippen molar-refractivity contribution in [2.24, 2.45) is 5.73 Å². The number of para-hydroxylation sites is 1. The molecular formula is C15H19BrN4O. The number of benzene rings is 1. The van der Waals surface area contributed by atoms with Crippen LogP contribution < -0.4 is 10.5 Å². The number of hydrogen-bond acceptors (Lipinski definition) is 4. The maximum atomic E-state index is 6.01. The van der Waals surface area contributed by atoms with Gasteiger partial charge in [0.2, 0.25) is 0 Å². The van der Waals surface area contributed by atoms with Gasteiger partial charge in [-0.3, -0.25) is 0 Å². The Labute approximate surface area is 132 Å². The van der Waals surface area contributed by atoms with Crippen LogP contribution in [0.3, 0.4) is 0 Å². The predicted molar refractivity (Wildman–Crippen MR) is 84.2 cm³/mol. The van der Waals surface area contributed by atoms with Gasteiger partial charge in [0.15, 0.2) is 5.82 Å². The second-order valence-electron chi connectivity index (χ2n) is 5.20. The molecule has 0 unspecified atom stereocenters. The monoisotopic (exact) mass is 350 g/mol. The lowest BCUT2D eigenvalue weighted by atomic mass is 10.1. The van der Waals surface area contributed by atoms with E-state index < -0.39 is 0 Å². The Morgan fingerprint density at radius 2 is 2.19 bits per heavy atom. The summed E-state index contributed by atoms with van der Waals surface area (Å²) in [6.45, 7) is 2.03.